The molecular formula is C26H35BrN4O3. The molecular weight excluding hydrogens is 496 g/mol. The molecule has 34 heavy (non-hydrogen) atoms. The van der Waals surface area contributed by atoms with Gasteiger partial charge in [0.05, 0.1) is 13.7 Å². The molecule has 0 spiro atoms. The van der Waals surface area contributed by atoms with Crippen LogP contribution in [0.1, 0.15) is 17.9 Å². The smallest absolute Gasteiger partial charge is 0.321 e. The third-order valence-corrected chi connectivity index (χ3v) is 7.59. The van der Waals surface area contributed by atoms with Gasteiger partial charge in [-0.05, 0) is 68.4 Å². The zero-order chi connectivity index (χ0) is 24.2. The van der Waals surface area contributed by atoms with Crippen molar-refractivity contribution in [3.05, 3.63) is 58.6 Å². The average Bonchev–Trinajstić information content (AvgIpc) is 2.81. The lowest BCUT2D eigenvalue weighted by Crippen LogP contribution is -2.69. The monoisotopic (exact) mass is 530 g/mol. The Kier molecular flexibility index (Phi) is 8.14. The first-order valence-corrected chi connectivity index (χ1v) is 12.7. The minimum atomic E-state index is -0.0855. The number of aliphatic hydroxyl groups excluding tert-OH is 1. The molecule has 7 nitrogen and oxygen atoms in total. The Hall–Kier alpha value is -2.13. The Bertz CT molecular complexity index is 954. The highest BCUT2D eigenvalue weighted by atomic mass is 79.9. The molecule has 2 N–H and O–H groups in total. The predicted octanol–water partition coefficient (Wildman–Crippen LogP) is 3.70. The quantitative estimate of drug-likeness (QED) is 0.595. The van der Waals surface area contributed by atoms with E-state index in [-0.39, 0.29) is 30.6 Å². The molecule has 2 aromatic rings. The van der Waals surface area contributed by atoms with Gasteiger partial charge in [-0.1, -0.05) is 28.1 Å². The summed E-state index contributed by atoms with van der Waals surface area (Å²) in [5, 5.41) is 13.4. The number of carbonyl (C=O) groups excluding carboxylic acids is 1. The Morgan fingerprint density at radius 1 is 1.15 bits per heavy atom. The van der Waals surface area contributed by atoms with Gasteiger partial charge in [-0.2, -0.15) is 0 Å². The third kappa shape index (κ3) is 5.57. The van der Waals surface area contributed by atoms with Crippen LogP contribution in [0.25, 0.3) is 0 Å². The molecule has 0 aromatic heterocycles. The summed E-state index contributed by atoms with van der Waals surface area (Å²) in [6, 6.07) is 15.9. The lowest BCUT2D eigenvalue weighted by molar-refractivity contribution is -0.0713. The third-order valence-electron chi connectivity index (χ3n) is 7.06. The second kappa shape index (κ2) is 11.1. The number of nitrogens with zero attached hydrogens (tertiary/aromatic N) is 3. The summed E-state index contributed by atoms with van der Waals surface area (Å²) in [4.78, 5) is 19.9. The number of hydrogen-bond donors (Lipinski definition) is 2. The van der Waals surface area contributed by atoms with E-state index in [2.05, 4.69) is 69.4 Å². The molecule has 0 bridgehead atoms. The molecule has 2 aliphatic rings. The fourth-order valence-electron chi connectivity index (χ4n) is 5.42. The van der Waals surface area contributed by atoms with Gasteiger partial charge in [0.25, 0.3) is 0 Å². The number of aliphatic hydroxyl groups is 1. The van der Waals surface area contributed by atoms with E-state index < -0.39 is 0 Å². The number of urea groups is 1. The maximum absolute atomic E-state index is 13.3. The van der Waals surface area contributed by atoms with Crippen molar-refractivity contribution in [2.75, 3.05) is 59.3 Å². The molecule has 0 radical (unpaired) electrons. The Morgan fingerprint density at radius 2 is 1.85 bits per heavy atom. The number of rotatable bonds is 6. The van der Waals surface area contributed by atoms with E-state index >= 15 is 0 Å². The summed E-state index contributed by atoms with van der Waals surface area (Å²) >= 11 is 3.52. The van der Waals surface area contributed by atoms with Crippen LogP contribution in [0, 0.1) is 5.92 Å². The second-order valence-electron chi connectivity index (χ2n) is 9.61. The van der Waals surface area contributed by atoms with E-state index in [9.17, 15) is 9.90 Å². The second-order valence-corrected chi connectivity index (χ2v) is 10.5. The zero-order valence-corrected chi connectivity index (χ0v) is 21.7. The highest BCUT2D eigenvalue weighted by Gasteiger charge is 2.50. The Balaban J connectivity index is 1.56. The topological polar surface area (TPSA) is 68.3 Å². The van der Waals surface area contributed by atoms with Crippen LogP contribution in [0.15, 0.2) is 53.0 Å². The standard InChI is InChI=1S/C26H35BrN4O3/c1-29(2)14-18-12-13-30(26(33)28-21-8-10-22(34-3)11-9-21)16-23-25(24(17-32)31(23)15-18)19-4-6-20(27)7-5-19/h4-11,18,23-25,32H,12-17H2,1-3H3,(H,28,33)/t18?,23?,24-,25?/m1/s1. The SMILES string of the molecule is COc1ccc(NC(=O)N2CCC(CN(C)C)CN3C(C2)C(c2ccc(Br)cc2)[C@H]3CO)cc1. The lowest BCUT2D eigenvalue weighted by Gasteiger charge is -2.58. The lowest BCUT2D eigenvalue weighted by atomic mass is 9.73. The largest absolute Gasteiger partial charge is 0.497 e. The summed E-state index contributed by atoms with van der Waals surface area (Å²) in [7, 11) is 5.81. The number of amides is 2. The fourth-order valence-corrected chi connectivity index (χ4v) is 5.69. The summed E-state index contributed by atoms with van der Waals surface area (Å²) in [5.74, 6) is 1.37. The Labute approximate surface area is 210 Å². The molecule has 184 valence electrons. The minimum Gasteiger partial charge on any atom is -0.497 e. The first-order valence-electron chi connectivity index (χ1n) is 11.9. The number of nitrogens with one attached hydrogen (secondary N) is 1. The number of anilines is 1. The molecule has 2 amide bonds. The van der Waals surface area contributed by atoms with Crippen LogP contribution < -0.4 is 10.1 Å². The van der Waals surface area contributed by atoms with Crippen molar-refractivity contribution in [1.82, 2.24) is 14.7 Å². The molecule has 2 aromatic carbocycles. The number of benzene rings is 2. The zero-order valence-electron chi connectivity index (χ0n) is 20.2. The van der Waals surface area contributed by atoms with Crippen LogP contribution in [0.3, 0.4) is 0 Å². The van der Waals surface area contributed by atoms with Crippen molar-refractivity contribution < 1.29 is 14.6 Å². The molecule has 2 aliphatic heterocycles. The van der Waals surface area contributed by atoms with E-state index in [0.717, 1.165) is 35.4 Å². The normalized spacial score (nSPS) is 25.2. The van der Waals surface area contributed by atoms with Crippen LogP contribution >= 0.6 is 15.9 Å². The van der Waals surface area contributed by atoms with Gasteiger partial charge in [0.15, 0.2) is 0 Å². The van der Waals surface area contributed by atoms with Crippen LogP contribution in [-0.4, -0.2) is 91.9 Å². The maximum atomic E-state index is 13.3. The summed E-state index contributed by atoms with van der Waals surface area (Å²) in [5.41, 5.74) is 1.96. The number of ether oxygens (including phenoxy) is 1. The minimum absolute atomic E-state index is 0.0698. The van der Waals surface area contributed by atoms with Crippen LogP contribution in [0.4, 0.5) is 10.5 Å². The number of methoxy groups -OCH3 is 1. The molecule has 0 saturated carbocycles. The predicted molar refractivity (Wildman–Crippen MR) is 138 cm³/mol. The van der Waals surface area contributed by atoms with E-state index in [1.165, 1.54) is 5.56 Å². The molecule has 8 heteroatoms. The van der Waals surface area contributed by atoms with Crippen molar-refractivity contribution in [2.45, 2.75) is 24.4 Å². The first kappa shape index (κ1) is 25.0. The summed E-state index contributed by atoms with van der Waals surface area (Å²) in [6.07, 6.45) is 0.929. The van der Waals surface area contributed by atoms with Gasteiger partial charge in [0.2, 0.25) is 0 Å². The van der Waals surface area contributed by atoms with E-state index in [4.69, 9.17) is 4.74 Å². The number of fused-ring (bicyclic) bond motifs is 1. The van der Waals surface area contributed by atoms with Gasteiger partial charge >= 0.3 is 6.03 Å². The number of hydrogen-bond acceptors (Lipinski definition) is 5. The van der Waals surface area contributed by atoms with Gasteiger partial charge in [-0.25, -0.2) is 4.79 Å². The number of halogens is 1. The van der Waals surface area contributed by atoms with Crippen LogP contribution in [-0.2, 0) is 0 Å². The van der Waals surface area contributed by atoms with Crippen LogP contribution in [0.2, 0.25) is 0 Å². The highest BCUT2D eigenvalue weighted by Crippen LogP contribution is 2.43. The van der Waals surface area contributed by atoms with Crippen molar-refractivity contribution >= 4 is 27.6 Å². The van der Waals surface area contributed by atoms with Gasteiger partial charge in [0, 0.05) is 54.3 Å². The molecule has 2 fully saturated rings. The Morgan fingerprint density at radius 3 is 2.47 bits per heavy atom. The highest BCUT2D eigenvalue weighted by molar-refractivity contribution is 9.10. The summed E-state index contributed by atoms with van der Waals surface area (Å²) in [6.45, 7) is 3.35. The van der Waals surface area contributed by atoms with Gasteiger partial charge < -0.3 is 25.0 Å². The van der Waals surface area contributed by atoms with Crippen molar-refractivity contribution in [3.63, 3.8) is 0 Å². The first-order chi connectivity index (χ1) is 16.4. The van der Waals surface area contributed by atoms with E-state index in [1.807, 2.05) is 29.2 Å². The molecule has 3 unspecified atom stereocenters. The molecule has 2 saturated heterocycles. The van der Waals surface area contributed by atoms with E-state index in [0.29, 0.717) is 19.0 Å². The molecule has 0 aliphatic carbocycles. The molecule has 4 rings (SSSR count). The fraction of sp³-hybridized carbons (Fsp3) is 0.500. The van der Waals surface area contributed by atoms with Gasteiger partial charge in [-0.15, -0.1) is 0 Å². The van der Waals surface area contributed by atoms with Crippen LogP contribution in [0.5, 0.6) is 5.75 Å². The summed E-state index contributed by atoms with van der Waals surface area (Å²) < 4.78 is 6.26. The average molecular weight is 531 g/mol. The molecule has 2 heterocycles. The maximum Gasteiger partial charge on any atom is 0.321 e. The van der Waals surface area contributed by atoms with E-state index in [1.54, 1.807) is 7.11 Å². The molecule has 4 atom stereocenters. The number of carbonyl (C=O) groups is 1. The van der Waals surface area contributed by atoms with Gasteiger partial charge in [0.1, 0.15) is 5.75 Å². The van der Waals surface area contributed by atoms with Gasteiger partial charge in [-0.3, -0.25) is 4.90 Å². The van der Waals surface area contributed by atoms with Crippen molar-refractivity contribution in [1.29, 1.82) is 0 Å². The van der Waals surface area contributed by atoms with Crippen molar-refractivity contribution in [2.24, 2.45) is 5.92 Å². The van der Waals surface area contributed by atoms with Crippen molar-refractivity contribution in [3.8, 4) is 5.75 Å².